The van der Waals surface area contributed by atoms with Crippen molar-refractivity contribution in [2.45, 2.75) is 47.5 Å². The Bertz CT molecular complexity index is 951. The van der Waals surface area contributed by atoms with E-state index in [4.69, 9.17) is 11.6 Å². The van der Waals surface area contributed by atoms with Gasteiger partial charge in [0.05, 0.1) is 10.6 Å². The molecule has 0 spiro atoms. The lowest BCUT2D eigenvalue weighted by atomic mass is 10.3. The number of aromatic nitrogens is 1. The number of halogens is 1. The molecule has 0 saturated heterocycles. The van der Waals surface area contributed by atoms with Crippen molar-refractivity contribution in [3.8, 4) is 0 Å². The monoisotopic (exact) mass is 422 g/mol. The Balaban J connectivity index is 2.63. The van der Waals surface area contributed by atoms with E-state index in [9.17, 15) is 16.8 Å². The molecule has 138 valence electrons. The highest BCUT2D eigenvalue weighted by Crippen LogP contribution is 2.35. The number of hydrogen-bond acceptors (Lipinski definition) is 7. The highest BCUT2D eigenvalue weighted by molar-refractivity contribution is 7.94. The highest BCUT2D eigenvalue weighted by Gasteiger charge is 2.30. The Morgan fingerprint density at radius 2 is 1.76 bits per heavy atom. The molecule has 1 aromatic carbocycles. The van der Waals surface area contributed by atoms with Crippen molar-refractivity contribution in [3.63, 3.8) is 0 Å². The molecule has 1 heterocycles. The van der Waals surface area contributed by atoms with Gasteiger partial charge in [-0.2, -0.15) is 0 Å². The fourth-order valence-electron chi connectivity index (χ4n) is 1.87. The van der Waals surface area contributed by atoms with Crippen LogP contribution in [0.15, 0.2) is 38.5 Å². The fourth-order valence-corrected chi connectivity index (χ4v) is 6.09. The van der Waals surface area contributed by atoms with Crippen LogP contribution in [0, 0.1) is 0 Å². The quantitative estimate of drug-likeness (QED) is 0.732. The van der Waals surface area contributed by atoms with E-state index in [-0.39, 0.29) is 31.1 Å². The number of thiazole rings is 1. The van der Waals surface area contributed by atoms with Gasteiger partial charge in [-0.05, 0) is 37.6 Å². The second-order valence-corrected chi connectivity index (χ2v) is 11.2. The van der Waals surface area contributed by atoms with E-state index in [1.165, 1.54) is 31.2 Å². The molecule has 0 aliphatic heterocycles. The molecule has 1 N–H and O–H groups in total. The topological polar surface area (TPSA) is 93.2 Å². The standard InChI is InChI=1S/C15H19ClN2O4S3/c1-4-10(3)17-13-14(18-15(23-13)24(19,20)5-2)25(21,22)12-8-6-11(16)7-9-12/h6-10,17H,4-5H2,1-3H3. The van der Waals surface area contributed by atoms with Gasteiger partial charge in [0, 0.05) is 11.1 Å². The number of anilines is 1. The summed E-state index contributed by atoms with van der Waals surface area (Å²) in [6.07, 6.45) is 0.744. The summed E-state index contributed by atoms with van der Waals surface area (Å²) in [6.45, 7) is 5.31. The van der Waals surface area contributed by atoms with Crippen molar-refractivity contribution in [2.24, 2.45) is 0 Å². The summed E-state index contributed by atoms with van der Waals surface area (Å²) in [5.74, 6) is -0.149. The van der Waals surface area contributed by atoms with Gasteiger partial charge in [0.15, 0.2) is 5.03 Å². The molecule has 2 aromatic rings. The Morgan fingerprint density at radius 3 is 2.28 bits per heavy atom. The van der Waals surface area contributed by atoms with E-state index in [0.29, 0.717) is 5.02 Å². The van der Waals surface area contributed by atoms with Gasteiger partial charge in [-0.25, -0.2) is 21.8 Å². The van der Waals surface area contributed by atoms with Crippen LogP contribution in [0.5, 0.6) is 0 Å². The summed E-state index contributed by atoms with van der Waals surface area (Å²) < 4.78 is 49.9. The van der Waals surface area contributed by atoms with Gasteiger partial charge >= 0.3 is 0 Å². The summed E-state index contributed by atoms with van der Waals surface area (Å²) in [4.78, 5) is 3.97. The number of rotatable bonds is 7. The maximum absolute atomic E-state index is 12.9. The number of nitrogens with zero attached hydrogens (tertiary/aromatic N) is 1. The van der Waals surface area contributed by atoms with Gasteiger partial charge in [-0.15, -0.1) is 0 Å². The zero-order valence-corrected chi connectivity index (χ0v) is 17.2. The maximum atomic E-state index is 12.9. The maximum Gasteiger partial charge on any atom is 0.226 e. The van der Waals surface area contributed by atoms with E-state index in [2.05, 4.69) is 10.3 Å². The number of nitrogens with one attached hydrogen (secondary N) is 1. The number of benzene rings is 1. The van der Waals surface area contributed by atoms with Crippen LogP contribution in [0.3, 0.4) is 0 Å². The Kier molecular flexibility index (Phi) is 6.13. The average Bonchev–Trinajstić information content (AvgIpc) is 3.00. The first kappa shape index (κ1) is 20.2. The average molecular weight is 423 g/mol. The van der Waals surface area contributed by atoms with E-state index in [0.717, 1.165) is 17.8 Å². The summed E-state index contributed by atoms with van der Waals surface area (Å²) in [6, 6.07) is 5.64. The third-order valence-electron chi connectivity index (χ3n) is 3.59. The van der Waals surface area contributed by atoms with Crippen LogP contribution >= 0.6 is 22.9 Å². The predicted molar refractivity (Wildman–Crippen MR) is 100 cm³/mol. The third kappa shape index (κ3) is 4.33. The van der Waals surface area contributed by atoms with Gasteiger partial charge < -0.3 is 5.32 Å². The molecule has 10 heteroatoms. The number of hydrogen-bond donors (Lipinski definition) is 1. The smallest absolute Gasteiger partial charge is 0.226 e. The minimum absolute atomic E-state index is 0.00912. The van der Waals surface area contributed by atoms with Crippen LogP contribution in [0.1, 0.15) is 27.2 Å². The normalized spacial score (nSPS) is 13.6. The summed E-state index contributed by atoms with van der Waals surface area (Å²) in [5.41, 5.74) is 0. The molecule has 0 amide bonds. The Hall–Kier alpha value is -1.16. The second-order valence-electron chi connectivity index (χ2n) is 5.43. The molecule has 1 atom stereocenters. The highest BCUT2D eigenvalue weighted by atomic mass is 35.5. The second kappa shape index (κ2) is 7.61. The van der Waals surface area contributed by atoms with Crippen LogP contribution in [0.4, 0.5) is 5.00 Å². The molecular formula is C15H19ClN2O4S3. The largest absolute Gasteiger partial charge is 0.372 e. The molecule has 0 aliphatic rings. The summed E-state index contributed by atoms with van der Waals surface area (Å²) in [7, 11) is -7.58. The van der Waals surface area contributed by atoms with Crippen LogP contribution in [-0.2, 0) is 19.7 Å². The van der Waals surface area contributed by atoms with Crippen molar-refractivity contribution >= 4 is 47.6 Å². The molecule has 6 nitrogen and oxygen atoms in total. The first-order valence-corrected chi connectivity index (χ1v) is 12.0. The fraction of sp³-hybridized carbons (Fsp3) is 0.400. The molecule has 1 aromatic heterocycles. The first-order chi connectivity index (χ1) is 11.6. The van der Waals surface area contributed by atoms with E-state index < -0.39 is 19.7 Å². The zero-order chi connectivity index (χ0) is 18.8. The lowest BCUT2D eigenvalue weighted by Gasteiger charge is -2.12. The minimum atomic E-state index is -3.97. The van der Waals surface area contributed by atoms with Crippen LogP contribution in [-0.4, -0.2) is 33.6 Å². The van der Waals surface area contributed by atoms with E-state index >= 15 is 0 Å². The molecular weight excluding hydrogens is 404 g/mol. The molecule has 0 fully saturated rings. The molecule has 0 radical (unpaired) electrons. The predicted octanol–water partition coefficient (Wildman–Crippen LogP) is 3.63. The molecule has 2 rings (SSSR count). The zero-order valence-electron chi connectivity index (χ0n) is 14.0. The van der Waals surface area contributed by atoms with Crippen LogP contribution in [0.2, 0.25) is 5.02 Å². The third-order valence-corrected chi connectivity index (χ3v) is 8.85. The van der Waals surface area contributed by atoms with Crippen LogP contribution < -0.4 is 5.32 Å². The number of sulfone groups is 2. The lowest BCUT2D eigenvalue weighted by Crippen LogP contribution is -2.15. The molecule has 25 heavy (non-hydrogen) atoms. The Morgan fingerprint density at radius 1 is 1.16 bits per heavy atom. The minimum Gasteiger partial charge on any atom is -0.372 e. The van der Waals surface area contributed by atoms with E-state index in [1.54, 1.807) is 0 Å². The van der Waals surface area contributed by atoms with Crippen molar-refractivity contribution in [1.29, 1.82) is 0 Å². The van der Waals surface area contributed by atoms with Gasteiger partial charge in [0.25, 0.3) is 0 Å². The summed E-state index contributed by atoms with van der Waals surface area (Å²) >= 11 is 6.65. The molecule has 1 unspecified atom stereocenters. The lowest BCUT2D eigenvalue weighted by molar-refractivity contribution is 0.589. The van der Waals surface area contributed by atoms with Crippen molar-refractivity contribution in [3.05, 3.63) is 29.3 Å². The summed E-state index contributed by atoms with van der Waals surface area (Å²) in [5, 5.41) is 3.42. The van der Waals surface area contributed by atoms with Gasteiger partial charge in [-0.3, -0.25) is 0 Å². The molecule has 0 bridgehead atoms. The van der Waals surface area contributed by atoms with E-state index in [1.807, 2.05) is 13.8 Å². The molecule has 0 saturated carbocycles. The first-order valence-electron chi connectivity index (χ1n) is 7.62. The van der Waals surface area contributed by atoms with Crippen molar-refractivity contribution in [2.75, 3.05) is 11.1 Å². The van der Waals surface area contributed by atoms with Gasteiger partial charge in [0.1, 0.15) is 5.00 Å². The van der Waals surface area contributed by atoms with Gasteiger partial charge in [-0.1, -0.05) is 36.8 Å². The van der Waals surface area contributed by atoms with Crippen molar-refractivity contribution < 1.29 is 16.8 Å². The Labute approximate surface area is 157 Å². The molecule has 0 aliphatic carbocycles. The SMILES string of the molecule is CCC(C)Nc1sc(S(=O)(=O)CC)nc1S(=O)(=O)c1ccc(Cl)cc1. The van der Waals surface area contributed by atoms with Crippen LogP contribution in [0.25, 0.3) is 0 Å². The van der Waals surface area contributed by atoms with Gasteiger partial charge in [0.2, 0.25) is 24.0 Å². The van der Waals surface area contributed by atoms with Crippen molar-refractivity contribution in [1.82, 2.24) is 4.98 Å².